The Morgan fingerprint density at radius 2 is 2.03 bits per heavy atom. The van der Waals surface area contributed by atoms with Crippen molar-refractivity contribution in [1.82, 2.24) is 9.80 Å². The van der Waals surface area contributed by atoms with Crippen LogP contribution >= 0.6 is 0 Å². The molecule has 0 saturated carbocycles. The fraction of sp³-hybridized carbons (Fsp3) is 0.385. The minimum absolute atomic E-state index is 0.00433. The number of benzene rings is 2. The van der Waals surface area contributed by atoms with E-state index in [-0.39, 0.29) is 30.4 Å². The molecule has 0 aliphatic carbocycles. The maximum Gasteiger partial charge on any atom is 0.225 e. The van der Waals surface area contributed by atoms with Crippen molar-refractivity contribution in [1.29, 1.82) is 0 Å². The van der Waals surface area contributed by atoms with Crippen LogP contribution in [0.3, 0.4) is 0 Å². The molecule has 2 amide bonds. The van der Waals surface area contributed by atoms with E-state index < -0.39 is 0 Å². The molecule has 32 heavy (non-hydrogen) atoms. The fourth-order valence-electron chi connectivity index (χ4n) is 4.49. The lowest BCUT2D eigenvalue weighted by molar-refractivity contribution is -0.136. The summed E-state index contributed by atoms with van der Waals surface area (Å²) in [6.07, 6.45) is 5.96. The summed E-state index contributed by atoms with van der Waals surface area (Å²) >= 11 is 0. The van der Waals surface area contributed by atoms with Gasteiger partial charge in [0.1, 0.15) is 5.75 Å². The summed E-state index contributed by atoms with van der Waals surface area (Å²) in [6.45, 7) is 3.29. The average Bonchev–Trinajstić information content (AvgIpc) is 3.32. The number of rotatable bonds is 7. The molecule has 2 heterocycles. The van der Waals surface area contributed by atoms with Crippen LogP contribution in [0.25, 0.3) is 6.08 Å². The van der Waals surface area contributed by atoms with Gasteiger partial charge in [0, 0.05) is 32.8 Å². The van der Waals surface area contributed by atoms with Gasteiger partial charge >= 0.3 is 0 Å². The first-order valence-electron chi connectivity index (χ1n) is 11.1. The molecule has 0 unspecified atom stereocenters. The van der Waals surface area contributed by atoms with E-state index in [9.17, 15) is 9.59 Å². The van der Waals surface area contributed by atoms with Crippen LogP contribution in [0, 0.1) is 0 Å². The van der Waals surface area contributed by atoms with E-state index in [0.29, 0.717) is 13.1 Å². The smallest absolute Gasteiger partial charge is 0.225 e. The second-order valence-electron chi connectivity index (χ2n) is 8.35. The molecule has 4 rings (SSSR count). The molecule has 6 heteroatoms. The van der Waals surface area contributed by atoms with Crippen molar-refractivity contribution in [3.05, 3.63) is 71.4 Å². The topological polar surface area (TPSA) is 59.1 Å². The molecular weight excluding hydrogens is 404 g/mol. The van der Waals surface area contributed by atoms with Crippen molar-refractivity contribution in [2.24, 2.45) is 0 Å². The second-order valence-corrected chi connectivity index (χ2v) is 8.35. The summed E-state index contributed by atoms with van der Waals surface area (Å²) in [4.78, 5) is 29.5. The number of methoxy groups -OCH3 is 1. The summed E-state index contributed by atoms with van der Waals surface area (Å²) in [5.74, 6) is 0.692. The summed E-state index contributed by atoms with van der Waals surface area (Å²) in [6, 6.07) is 15.4. The van der Waals surface area contributed by atoms with E-state index in [4.69, 9.17) is 9.47 Å². The van der Waals surface area contributed by atoms with Crippen molar-refractivity contribution >= 4 is 17.9 Å². The Bertz CT molecular complexity index is 997. The first-order valence-corrected chi connectivity index (χ1v) is 11.1. The lowest BCUT2D eigenvalue weighted by atomic mass is 9.93. The molecule has 6 nitrogen and oxygen atoms in total. The predicted molar refractivity (Wildman–Crippen MR) is 123 cm³/mol. The standard InChI is InChI=1S/C26H30N2O4/c1-19(29)28-13-12-21-8-3-4-11-24(21)25(28)16-26(30)27(18-23-10-6-14-32-23)17-20-7-5-9-22(15-20)31-2/h3-5,7-9,11-13,15,23,25H,6,10,14,16-18H2,1-2H3/t23-,25-/m0/s1. The van der Waals surface area contributed by atoms with Crippen LogP contribution in [0.2, 0.25) is 0 Å². The van der Waals surface area contributed by atoms with Crippen LogP contribution in [0.1, 0.15) is 48.9 Å². The zero-order chi connectivity index (χ0) is 22.5. The molecule has 0 aromatic heterocycles. The lowest BCUT2D eigenvalue weighted by Gasteiger charge is -2.34. The first-order chi connectivity index (χ1) is 15.5. The minimum atomic E-state index is -0.321. The van der Waals surface area contributed by atoms with Gasteiger partial charge in [0.25, 0.3) is 0 Å². The predicted octanol–water partition coefficient (Wildman–Crippen LogP) is 4.17. The lowest BCUT2D eigenvalue weighted by Crippen LogP contribution is -2.40. The molecule has 2 aliphatic rings. The maximum atomic E-state index is 13.6. The van der Waals surface area contributed by atoms with E-state index in [1.165, 1.54) is 6.92 Å². The van der Waals surface area contributed by atoms with E-state index >= 15 is 0 Å². The zero-order valence-corrected chi connectivity index (χ0v) is 18.7. The number of carbonyl (C=O) groups is 2. The molecule has 0 radical (unpaired) electrons. The van der Waals surface area contributed by atoms with Crippen molar-refractivity contribution in [3.8, 4) is 5.75 Å². The molecule has 0 spiro atoms. The highest BCUT2D eigenvalue weighted by atomic mass is 16.5. The molecule has 1 saturated heterocycles. The largest absolute Gasteiger partial charge is 0.497 e. The molecule has 2 aromatic rings. The maximum absolute atomic E-state index is 13.6. The Hall–Kier alpha value is -3.12. The van der Waals surface area contributed by atoms with Gasteiger partial charge in [0.2, 0.25) is 11.8 Å². The van der Waals surface area contributed by atoms with Crippen molar-refractivity contribution in [2.75, 3.05) is 20.3 Å². The Morgan fingerprint density at radius 1 is 1.19 bits per heavy atom. The van der Waals surface area contributed by atoms with Crippen LogP contribution in [0.15, 0.2) is 54.7 Å². The van der Waals surface area contributed by atoms with Gasteiger partial charge in [-0.1, -0.05) is 36.4 Å². The number of fused-ring (bicyclic) bond motifs is 1. The zero-order valence-electron chi connectivity index (χ0n) is 18.7. The summed E-state index contributed by atoms with van der Waals surface area (Å²) < 4.78 is 11.2. The second kappa shape index (κ2) is 10.0. The summed E-state index contributed by atoms with van der Waals surface area (Å²) in [5.41, 5.74) is 3.04. The van der Waals surface area contributed by atoms with Crippen molar-refractivity contribution in [2.45, 2.75) is 44.9 Å². The van der Waals surface area contributed by atoms with Crippen LogP contribution in [0.4, 0.5) is 0 Å². The van der Waals surface area contributed by atoms with E-state index in [1.807, 2.05) is 59.5 Å². The van der Waals surface area contributed by atoms with Gasteiger partial charge in [-0.3, -0.25) is 9.59 Å². The van der Waals surface area contributed by atoms with Gasteiger partial charge in [-0.05, 0) is 47.7 Å². The van der Waals surface area contributed by atoms with Gasteiger partial charge < -0.3 is 19.3 Å². The highest BCUT2D eigenvalue weighted by molar-refractivity contribution is 5.82. The van der Waals surface area contributed by atoms with Crippen LogP contribution in [-0.2, 0) is 20.9 Å². The molecule has 0 N–H and O–H groups in total. The van der Waals surface area contributed by atoms with Crippen LogP contribution < -0.4 is 4.74 Å². The van der Waals surface area contributed by atoms with Gasteiger partial charge in [-0.25, -0.2) is 0 Å². The highest BCUT2D eigenvalue weighted by Crippen LogP contribution is 2.33. The van der Waals surface area contributed by atoms with E-state index in [2.05, 4.69) is 0 Å². The first kappa shape index (κ1) is 22.1. The van der Waals surface area contributed by atoms with Crippen molar-refractivity contribution in [3.63, 3.8) is 0 Å². The highest BCUT2D eigenvalue weighted by Gasteiger charge is 2.31. The van der Waals surface area contributed by atoms with Gasteiger partial charge in [0.05, 0.1) is 25.7 Å². The number of amides is 2. The molecule has 0 bridgehead atoms. The van der Waals surface area contributed by atoms with Crippen molar-refractivity contribution < 1.29 is 19.1 Å². The molecule has 2 atom stereocenters. The molecule has 1 fully saturated rings. The third-order valence-electron chi connectivity index (χ3n) is 6.15. The number of ether oxygens (including phenoxy) is 2. The summed E-state index contributed by atoms with van der Waals surface area (Å²) in [5, 5.41) is 0. The Labute approximate surface area is 189 Å². The molecule has 2 aromatic carbocycles. The quantitative estimate of drug-likeness (QED) is 0.656. The molecule has 168 valence electrons. The Balaban J connectivity index is 1.57. The van der Waals surface area contributed by atoms with E-state index in [1.54, 1.807) is 18.2 Å². The Morgan fingerprint density at radius 3 is 2.78 bits per heavy atom. The van der Waals surface area contributed by atoms with E-state index in [0.717, 1.165) is 41.9 Å². The van der Waals surface area contributed by atoms with Crippen LogP contribution in [0.5, 0.6) is 5.75 Å². The monoisotopic (exact) mass is 434 g/mol. The SMILES string of the molecule is COc1cccc(CN(C[C@@H]2CCCO2)C(=O)C[C@H]2c3ccccc3C=CN2C(C)=O)c1. The average molecular weight is 435 g/mol. The molecule has 2 aliphatic heterocycles. The Kier molecular flexibility index (Phi) is 6.90. The number of hydrogen-bond acceptors (Lipinski definition) is 4. The normalized spacial score (nSPS) is 19.5. The van der Waals surface area contributed by atoms with Gasteiger partial charge in [0.15, 0.2) is 0 Å². The third kappa shape index (κ3) is 5.02. The van der Waals surface area contributed by atoms with Gasteiger partial charge in [-0.15, -0.1) is 0 Å². The number of hydrogen-bond donors (Lipinski definition) is 0. The minimum Gasteiger partial charge on any atom is -0.497 e. The number of nitrogens with zero attached hydrogens (tertiary/aromatic N) is 2. The summed E-state index contributed by atoms with van der Waals surface area (Å²) in [7, 11) is 1.64. The molecular formula is C26H30N2O4. The van der Waals surface area contributed by atoms with Gasteiger partial charge in [-0.2, -0.15) is 0 Å². The number of carbonyl (C=O) groups excluding carboxylic acids is 2. The fourth-order valence-corrected chi connectivity index (χ4v) is 4.49. The third-order valence-corrected chi connectivity index (χ3v) is 6.15. The van der Waals surface area contributed by atoms with Crippen LogP contribution in [-0.4, -0.2) is 48.0 Å².